The molecule has 0 radical (unpaired) electrons. The van der Waals surface area contributed by atoms with Crippen LogP contribution in [0.5, 0.6) is 0 Å². The predicted octanol–water partition coefficient (Wildman–Crippen LogP) is 7.17. The normalized spacial score (nSPS) is 25.1. The summed E-state index contributed by atoms with van der Waals surface area (Å²) >= 11 is 25.3. The van der Waals surface area contributed by atoms with E-state index in [4.69, 9.17) is 46.4 Å². The molecule has 12 nitrogen and oxygen atoms in total. The molecule has 0 saturated carbocycles. The number of nitrogens with zero attached hydrogens (tertiary/aromatic N) is 8. The number of amides is 6. The molecule has 6 amide bonds. The zero-order valence-corrected chi connectivity index (χ0v) is 33.5. The molecule has 0 unspecified atom stereocenters. The number of imide groups is 2. The van der Waals surface area contributed by atoms with Crippen molar-refractivity contribution in [3.05, 3.63) is 127 Å². The SMILES string of the molecule is CN1C(=O)N(c2cc(Cl)cc(Cl)c2)C(=O)[C@]12CN(CN1C[C@@H](c3ccc(C#N)cc3)[C@]3(C1)C(=O)N(c1cc(Cl)cc(Cl)c1)C(=O)N3C)C[C@H]2c1ccc(C#N)cc1. The molecular weight excluding hydrogens is 810 g/mol. The van der Waals surface area contributed by atoms with Gasteiger partial charge in [-0.2, -0.15) is 10.5 Å². The van der Waals surface area contributed by atoms with Gasteiger partial charge in [-0.15, -0.1) is 0 Å². The topological polar surface area (TPSA) is 135 Å². The second-order valence-electron chi connectivity index (χ2n) is 14.8. The van der Waals surface area contributed by atoms with Crippen LogP contribution in [0.3, 0.4) is 0 Å². The zero-order valence-electron chi connectivity index (χ0n) is 30.5. The highest BCUT2D eigenvalue weighted by atomic mass is 35.5. The van der Waals surface area contributed by atoms with Crippen LogP contribution in [0, 0.1) is 22.7 Å². The first-order chi connectivity index (χ1) is 27.2. The minimum atomic E-state index is -1.37. The highest BCUT2D eigenvalue weighted by Gasteiger charge is 2.67. The molecule has 4 atom stereocenters. The lowest BCUT2D eigenvalue weighted by Crippen LogP contribution is -2.55. The maximum absolute atomic E-state index is 14.8. The van der Waals surface area contributed by atoms with Crippen LogP contribution in [0.1, 0.15) is 34.1 Å². The summed E-state index contributed by atoms with van der Waals surface area (Å²) in [5.74, 6) is -1.97. The fourth-order valence-corrected chi connectivity index (χ4v) is 10.1. The quantitative estimate of drug-likeness (QED) is 0.187. The molecule has 4 aromatic rings. The minimum Gasteiger partial charge on any atom is -0.310 e. The van der Waals surface area contributed by atoms with Gasteiger partial charge in [-0.1, -0.05) is 70.7 Å². The van der Waals surface area contributed by atoms with Gasteiger partial charge < -0.3 is 9.80 Å². The number of likely N-dealkylation sites (N-methyl/N-ethyl adjacent to an activating group) is 2. The maximum Gasteiger partial charge on any atom is 0.332 e. The fraction of sp³-hybridized carbons (Fsp3) is 0.268. The van der Waals surface area contributed by atoms with Crippen molar-refractivity contribution in [2.24, 2.45) is 0 Å². The minimum absolute atomic E-state index is 0.129. The molecule has 0 aliphatic carbocycles. The van der Waals surface area contributed by atoms with Gasteiger partial charge in [0.2, 0.25) is 0 Å². The number of halogens is 4. The lowest BCUT2D eigenvalue weighted by molar-refractivity contribution is -0.125. The molecule has 4 aliphatic rings. The Kier molecular flexibility index (Phi) is 9.73. The van der Waals surface area contributed by atoms with Crippen LogP contribution in [0.25, 0.3) is 0 Å². The average Bonchev–Trinajstić information content (AvgIpc) is 3.86. The summed E-state index contributed by atoms with van der Waals surface area (Å²) in [4.78, 5) is 67.2. The molecular formula is C41H32Cl4N8O4. The highest BCUT2D eigenvalue weighted by Crippen LogP contribution is 2.49. The van der Waals surface area contributed by atoms with Crippen LogP contribution in [0.4, 0.5) is 21.0 Å². The van der Waals surface area contributed by atoms with E-state index in [0.29, 0.717) is 24.2 Å². The molecule has 2 spiro atoms. The number of carbonyl (C=O) groups is 4. The molecule has 0 aromatic heterocycles. The standard InChI is InChI=1S/C41H32Cl4N8O4/c1-48-38(56)52(32-13-28(42)11-29(43)14-32)36(54)40(48)21-50(19-34(40)26-7-3-24(17-46)4-8-26)23-51-20-35(27-9-5-25(18-47)6-10-27)41(22-51)37(55)53(39(57)49(41)2)33-15-30(44)12-31(45)16-33/h3-16,34-35H,19-23H2,1-2H3/t34-,35-,40+,41+/m0/s1. The van der Waals surface area contributed by atoms with Gasteiger partial charge in [0.15, 0.2) is 0 Å². The van der Waals surface area contributed by atoms with Crippen LogP contribution in [-0.4, -0.2) is 101 Å². The van der Waals surface area contributed by atoms with E-state index in [1.54, 1.807) is 62.6 Å². The summed E-state index contributed by atoms with van der Waals surface area (Å²) in [6, 6.07) is 26.3. The summed E-state index contributed by atoms with van der Waals surface area (Å²) in [7, 11) is 3.21. The summed E-state index contributed by atoms with van der Waals surface area (Å²) < 4.78 is 0. The summed E-state index contributed by atoms with van der Waals surface area (Å²) in [5.41, 5.74) is 0.161. The molecule has 0 N–H and O–H groups in total. The third-order valence-electron chi connectivity index (χ3n) is 11.8. The first-order valence-corrected chi connectivity index (χ1v) is 19.3. The monoisotopic (exact) mass is 840 g/mol. The molecule has 4 fully saturated rings. The number of rotatable bonds is 6. The fourth-order valence-electron chi connectivity index (χ4n) is 9.08. The Bertz CT molecular complexity index is 2240. The van der Waals surface area contributed by atoms with Crippen molar-refractivity contribution < 1.29 is 19.2 Å². The molecule has 16 heteroatoms. The number of anilines is 2. The van der Waals surface area contributed by atoms with Crippen molar-refractivity contribution in [1.29, 1.82) is 10.5 Å². The zero-order chi connectivity index (χ0) is 40.6. The van der Waals surface area contributed by atoms with E-state index >= 15 is 0 Å². The smallest absolute Gasteiger partial charge is 0.310 e. The van der Waals surface area contributed by atoms with Crippen molar-refractivity contribution in [1.82, 2.24) is 19.6 Å². The summed E-state index contributed by atoms with van der Waals surface area (Å²) in [6.07, 6.45) is 0. The third kappa shape index (κ3) is 6.11. The van der Waals surface area contributed by atoms with Gasteiger partial charge in [0, 0.05) is 72.2 Å². The van der Waals surface area contributed by atoms with Crippen molar-refractivity contribution in [2.75, 3.05) is 56.7 Å². The van der Waals surface area contributed by atoms with E-state index in [0.717, 1.165) is 20.9 Å². The van der Waals surface area contributed by atoms with Gasteiger partial charge in [-0.05, 0) is 71.8 Å². The second-order valence-corrected chi connectivity index (χ2v) is 16.6. The van der Waals surface area contributed by atoms with E-state index < -0.39 is 46.8 Å². The van der Waals surface area contributed by atoms with Crippen molar-refractivity contribution in [2.45, 2.75) is 22.9 Å². The van der Waals surface area contributed by atoms with Crippen LogP contribution >= 0.6 is 46.4 Å². The Morgan fingerprint density at radius 3 is 1.23 bits per heavy atom. The van der Waals surface area contributed by atoms with Crippen LogP contribution in [0.2, 0.25) is 20.1 Å². The van der Waals surface area contributed by atoms with E-state index in [9.17, 15) is 29.7 Å². The van der Waals surface area contributed by atoms with Gasteiger partial charge in [0.25, 0.3) is 11.8 Å². The Balaban J connectivity index is 1.17. The first kappa shape index (κ1) is 38.7. The molecule has 0 bridgehead atoms. The maximum atomic E-state index is 14.8. The summed E-state index contributed by atoms with van der Waals surface area (Å²) in [6.45, 7) is 1.19. The van der Waals surface area contributed by atoms with Crippen LogP contribution < -0.4 is 9.80 Å². The molecule has 4 saturated heterocycles. The number of carbonyl (C=O) groups excluding carboxylic acids is 4. The van der Waals surface area contributed by atoms with Gasteiger partial charge in [-0.25, -0.2) is 19.4 Å². The third-order valence-corrected chi connectivity index (χ3v) is 12.6. The van der Waals surface area contributed by atoms with Gasteiger partial charge in [0.05, 0.1) is 41.3 Å². The van der Waals surface area contributed by atoms with E-state index in [1.165, 1.54) is 46.2 Å². The van der Waals surface area contributed by atoms with Crippen molar-refractivity contribution >= 4 is 81.7 Å². The van der Waals surface area contributed by atoms with E-state index in [2.05, 4.69) is 21.9 Å². The van der Waals surface area contributed by atoms with Crippen molar-refractivity contribution in [3.8, 4) is 12.1 Å². The Hall–Kier alpha value is -5.18. The molecule has 4 aliphatic heterocycles. The Morgan fingerprint density at radius 1 is 0.579 bits per heavy atom. The van der Waals surface area contributed by atoms with E-state index in [1.807, 2.05) is 0 Å². The molecule has 4 aromatic carbocycles. The predicted molar refractivity (Wildman–Crippen MR) is 215 cm³/mol. The number of hydrogen-bond donors (Lipinski definition) is 0. The second kappa shape index (κ2) is 14.3. The lowest BCUT2D eigenvalue weighted by Gasteiger charge is -2.34. The number of likely N-dealkylation sites (tertiary alicyclic amines) is 2. The number of benzene rings is 4. The molecule has 288 valence electrons. The number of urea groups is 2. The Labute approximate surface area is 348 Å². The molecule has 57 heavy (non-hydrogen) atoms. The first-order valence-electron chi connectivity index (χ1n) is 17.8. The average molecular weight is 843 g/mol. The van der Waals surface area contributed by atoms with E-state index in [-0.39, 0.29) is 51.2 Å². The largest absolute Gasteiger partial charge is 0.332 e. The Morgan fingerprint density at radius 2 is 0.912 bits per heavy atom. The van der Waals surface area contributed by atoms with Crippen LogP contribution in [-0.2, 0) is 9.59 Å². The number of hydrogen-bond acceptors (Lipinski definition) is 8. The van der Waals surface area contributed by atoms with Crippen molar-refractivity contribution in [3.63, 3.8) is 0 Å². The van der Waals surface area contributed by atoms with Gasteiger partial charge in [0.1, 0.15) is 11.1 Å². The lowest BCUT2D eigenvalue weighted by atomic mass is 9.80. The summed E-state index contributed by atoms with van der Waals surface area (Å²) in [5, 5.41) is 20.1. The molecule has 4 heterocycles. The highest BCUT2D eigenvalue weighted by molar-refractivity contribution is 6.36. The number of nitriles is 2. The van der Waals surface area contributed by atoms with Crippen LogP contribution in [0.15, 0.2) is 84.9 Å². The molecule has 8 rings (SSSR count). The van der Waals surface area contributed by atoms with Gasteiger partial charge >= 0.3 is 12.1 Å². The van der Waals surface area contributed by atoms with Gasteiger partial charge in [-0.3, -0.25) is 19.4 Å².